The highest BCUT2D eigenvalue weighted by atomic mass is 35.5. The van der Waals surface area contributed by atoms with Crippen LogP contribution in [0.4, 0.5) is 32.0 Å². The van der Waals surface area contributed by atoms with Gasteiger partial charge in [0.2, 0.25) is 17.1 Å². The molecule has 180 valence electrons. The van der Waals surface area contributed by atoms with Crippen molar-refractivity contribution < 1.29 is 40.2 Å². The van der Waals surface area contributed by atoms with E-state index >= 15 is 0 Å². The van der Waals surface area contributed by atoms with Gasteiger partial charge in [0.1, 0.15) is 16.9 Å². The van der Waals surface area contributed by atoms with Crippen molar-refractivity contribution in [3.05, 3.63) is 44.9 Å². The zero-order valence-corrected chi connectivity index (χ0v) is 18.4. The van der Waals surface area contributed by atoms with Crippen molar-refractivity contribution in [1.82, 2.24) is 15.6 Å². The van der Waals surface area contributed by atoms with Gasteiger partial charge < -0.3 is 13.8 Å². The van der Waals surface area contributed by atoms with Crippen molar-refractivity contribution in [2.45, 2.75) is 24.5 Å². The van der Waals surface area contributed by atoms with E-state index in [1.165, 1.54) is 6.92 Å². The zero-order chi connectivity index (χ0) is 24.8. The Kier molecular flexibility index (Phi) is 6.83. The molecular formula is C16H11Cl2F6N5O3S. The first-order valence-corrected chi connectivity index (χ1v) is 10.4. The normalized spacial score (nSPS) is 20.2. The van der Waals surface area contributed by atoms with Crippen LogP contribution in [0.25, 0.3) is 5.70 Å². The highest BCUT2D eigenvalue weighted by Crippen LogP contribution is 2.50. The van der Waals surface area contributed by atoms with Crippen LogP contribution in [0.1, 0.15) is 18.3 Å². The van der Waals surface area contributed by atoms with Gasteiger partial charge in [-0.05, 0) is 25.8 Å². The molecule has 3 rings (SSSR count). The van der Waals surface area contributed by atoms with Gasteiger partial charge in [0.25, 0.3) is 0 Å². The molecule has 17 heteroatoms. The van der Waals surface area contributed by atoms with Gasteiger partial charge in [0, 0.05) is 6.61 Å². The van der Waals surface area contributed by atoms with Gasteiger partial charge in [0.15, 0.2) is 5.70 Å². The number of aliphatic imine (C=N–C) groups is 1. The molecule has 1 N–H and O–H groups in total. The molecular weight excluding hydrogens is 527 g/mol. The smallest absolute Gasteiger partial charge is 0.578 e. The largest absolute Gasteiger partial charge is 0.604 e. The summed E-state index contributed by atoms with van der Waals surface area (Å²) in [5, 5.41) is 2.82. The van der Waals surface area contributed by atoms with Crippen LogP contribution in [0.15, 0.2) is 32.9 Å². The molecule has 8 nitrogen and oxygen atoms in total. The molecule has 33 heavy (non-hydrogen) atoms. The number of halogens is 8. The lowest BCUT2D eigenvalue weighted by Crippen LogP contribution is -2.54. The van der Waals surface area contributed by atoms with E-state index in [-0.39, 0.29) is 6.61 Å². The fourth-order valence-electron chi connectivity index (χ4n) is 2.93. The summed E-state index contributed by atoms with van der Waals surface area (Å²) in [4.78, 5) is 6.19. The molecule has 1 aromatic heterocycles. The third kappa shape index (κ3) is 4.47. The van der Waals surface area contributed by atoms with Gasteiger partial charge >= 0.3 is 17.5 Å². The lowest BCUT2D eigenvalue weighted by atomic mass is 10.2. The predicted molar refractivity (Wildman–Crippen MR) is 106 cm³/mol. The zero-order valence-electron chi connectivity index (χ0n) is 16.1. The molecule has 0 saturated heterocycles. The molecule has 2 atom stereocenters. The molecule has 1 aliphatic heterocycles. The van der Waals surface area contributed by atoms with Crippen LogP contribution >= 0.6 is 23.2 Å². The average molecular weight is 538 g/mol. The van der Waals surface area contributed by atoms with Crippen LogP contribution in [0.3, 0.4) is 0 Å². The number of benzene rings is 1. The number of aromatic nitrogens is 2. The van der Waals surface area contributed by atoms with E-state index in [0.29, 0.717) is 17.1 Å². The van der Waals surface area contributed by atoms with Crippen molar-refractivity contribution in [1.29, 1.82) is 0 Å². The van der Waals surface area contributed by atoms with E-state index in [1.54, 1.807) is 0 Å². The van der Waals surface area contributed by atoms with E-state index in [1.807, 2.05) is 0 Å². The van der Waals surface area contributed by atoms with E-state index in [9.17, 15) is 30.9 Å². The summed E-state index contributed by atoms with van der Waals surface area (Å²) < 4.78 is 103. The van der Waals surface area contributed by atoms with Crippen LogP contribution < -0.4 is 10.4 Å². The number of ether oxygens (including phenoxy) is 1. The third-order valence-corrected chi connectivity index (χ3v) is 6.00. The van der Waals surface area contributed by atoms with E-state index in [2.05, 4.69) is 31.8 Å². The van der Waals surface area contributed by atoms with Crippen LogP contribution in [0.2, 0.25) is 10.0 Å². The van der Waals surface area contributed by atoms with Gasteiger partial charge in [-0.2, -0.15) is 18.2 Å². The molecule has 0 fully saturated rings. The Labute approximate surface area is 194 Å². The predicted octanol–water partition coefficient (Wildman–Crippen LogP) is 4.75. The molecule has 1 aromatic carbocycles. The van der Waals surface area contributed by atoms with Crippen LogP contribution in [0.5, 0.6) is 0 Å². The molecule has 0 radical (unpaired) electrons. The Morgan fingerprint density at radius 2 is 1.88 bits per heavy atom. The summed E-state index contributed by atoms with van der Waals surface area (Å²) in [5.74, 6) is -3.12. The van der Waals surface area contributed by atoms with Crippen LogP contribution in [-0.4, -0.2) is 39.4 Å². The van der Waals surface area contributed by atoms with E-state index in [0.717, 1.165) is 6.39 Å². The van der Waals surface area contributed by atoms with Crippen molar-refractivity contribution in [2.75, 3.05) is 11.6 Å². The maximum absolute atomic E-state index is 13.6. The number of anilines is 1. The summed E-state index contributed by atoms with van der Waals surface area (Å²) >= 11 is 8.29. The first-order valence-electron chi connectivity index (χ1n) is 8.53. The Morgan fingerprint density at radius 1 is 1.27 bits per heavy atom. The topological polar surface area (TPSA) is 98.8 Å². The Hall–Kier alpha value is -2.20. The SMILES string of the molecule is C=NC1(OCC)C([S+]([O-])C(F)(F)F)=C(c2ncon2)NN1c1c(Cl)cc(C(F)(F)F)cc1Cl. The average Bonchev–Trinajstić information content (AvgIpc) is 3.33. The van der Waals surface area contributed by atoms with Crippen LogP contribution in [0, 0.1) is 0 Å². The number of nitrogens with one attached hydrogen (secondary N) is 1. The fraction of sp³-hybridized carbons (Fsp3) is 0.312. The lowest BCUT2D eigenvalue weighted by Gasteiger charge is -2.36. The highest BCUT2D eigenvalue weighted by molar-refractivity contribution is 7.96. The number of nitrogens with zero attached hydrogens (tertiary/aromatic N) is 4. The standard InChI is InChI=1S/C16H11Cl2F6N5O3S/c1-3-31-15(25-2)12(33(30)16(22,23)24)10(13-26-6-32-28-13)27-29(15)11-8(17)4-7(5-9(11)18)14(19,20)21/h4-6,27H,2-3H2,1H3. The molecule has 2 unspecified atom stereocenters. The summed E-state index contributed by atoms with van der Waals surface area (Å²) in [6.45, 7) is 4.29. The molecule has 0 saturated carbocycles. The fourth-order valence-corrected chi connectivity index (χ4v) is 4.60. The lowest BCUT2D eigenvalue weighted by molar-refractivity contribution is -0.137. The second kappa shape index (κ2) is 8.87. The summed E-state index contributed by atoms with van der Waals surface area (Å²) in [7, 11) is 0. The Bertz CT molecular complexity index is 1060. The second-order valence-electron chi connectivity index (χ2n) is 6.11. The number of rotatable bonds is 6. The maximum atomic E-state index is 13.6. The minimum atomic E-state index is -5.32. The number of alkyl halides is 6. The molecule has 0 aliphatic carbocycles. The summed E-state index contributed by atoms with van der Waals surface area (Å²) in [5.41, 5.74) is -5.22. The second-order valence-corrected chi connectivity index (χ2v) is 8.33. The van der Waals surface area contributed by atoms with Gasteiger partial charge in [-0.15, -0.1) is 13.2 Å². The number of hydrogen-bond donors (Lipinski definition) is 1. The molecule has 1 aliphatic rings. The van der Waals surface area contributed by atoms with Crippen molar-refractivity contribution in [3.63, 3.8) is 0 Å². The van der Waals surface area contributed by atoms with Gasteiger partial charge in [-0.3, -0.25) is 5.43 Å². The molecule has 0 spiro atoms. The van der Waals surface area contributed by atoms with Gasteiger partial charge in [0.05, 0.1) is 15.6 Å². The molecule has 0 amide bonds. The quantitative estimate of drug-likeness (QED) is 0.322. The van der Waals surface area contributed by atoms with Crippen molar-refractivity contribution in [3.8, 4) is 0 Å². The number of hydrazine groups is 1. The van der Waals surface area contributed by atoms with Gasteiger partial charge in [-0.1, -0.05) is 28.4 Å². The first-order chi connectivity index (χ1) is 15.3. The first kappa shape index (κ1) is 25.4. The summed E-state index contributed by atoms with van der Waals surface area (Å²) in [6, 6.07) is 0.994. The Balaban J connectivity index is 2.30. The monoisotopic (exact) mass is 537 g/mol. The molecule has 2 heterocycles. The maximum Gasteiger partial charge on any atom is 0.578 e. The van der Waals surface area contributed by atoms with Gasteiger partial charge in [-0.25, -0.2) is 10.0 Å². The minimum absolute atomic E-state index is 0.314. The molecule has 0 bridgehead atoms. The minimum Gasteiger partial charge on any atom is -0.604 e. The highest BCUT2D eigenvalue weighted by Gasteiger charge is 2.64. The van der Waals surface area contributed by atoms with E-state index < -0.39 is 66.4 Å². The number of hydrogen-bond acceptors (Lipinski definition) is 8. The third-order valence-electron chi connectivity index (χ3n) is 4.16. The summed E-state index contributed by atoms with van der Waals surface area (Å²) in [6.07, 6.45) is -4.04. The van der Waals surface area contributed by atoms with E-state index in [4.69, 9.17) is 27.9 Å². The van der Waals surface area contributed by atoms with Crippen LogP contribution in [-0.2, 0) is 22.1 Å². The molecule has 2 aromatic rings. The van der Waals surface area contributed by atoms with Crippen molar-refractivity contribution in [2.24, 2.45) is 4.99 Å². The van der Waals surface area contributed by atoms with Crippen molar-refractivity contribution >= 4 is 52.5 Å². The Morgan fingerprint density at radius 3 is 2.30 bits per heavy atom.